The normalized spacial score (nSPS) is 13.9. The summed E-state index contributed by atoms with van der Waals surface area (Å²) in [6.07, 6.45) is -2.84. The number of aryl methyl sites for hydroxylation is 1. The second-order valence-electron chi connectivity index (χ2n) is 5.13. The minimum absolute atomic E-state index is 0.0124. The van der Waals surface area contributed by atoms with Crippen LogP contribution in [0.1, 0.15) is 23.6 Å². The van der Waals surface area contributed by atoms with Gasteiger partial charge in [0.1, 0.15) is 11.5 Å². The van der Waals surface area contributed by atoms with Crippen molar-refractivity contribution in [1.82, 2.24) is 14.8 Å². The quantitative estimate of drug-likeness (QED) is 0.689. The fourth-order valence-electron chi connectivity index (χ4n) is 2.52. The van der Waals surface area contributed by atoms with E-state index >= 15 is 0 Å². The molecule has 10 heteroatoms. The smallest absolute Gasteiger partial charge is 0.372 e. The monoisotopic (exact) mass is 327 g/mol. The largest absolute Gasteiger partial charge is 0.416 e. The van der Waals surface area contributed by atoms with E-state index in [0.717, 1.165) is 37.3 Å². The van der Waals surface area contributed by atoms with Crippen LogP contribution in [-0.4, -0.2) is 19.7 Å². The van der Waals surface area contributed by atoms with Gasteiger partial charge in [-0.15, -0.1) is 10.2 Å². The molecule has 23 heavy (non-hydrogen) atoms. The lowest BCUT2D eigenvalue weighted by molar-refractivity contribution is -0.384. The van der Waals surface area contributed by atoms with Gasteiger partial charge in [0.05, 0.1) is 17.0 Å². The summed E-state index contributed by atoms with van der Waals surface area (Å²) in [5.74, 6) is 1.45. The van der Waals surface area contributed by atoms with Crippen LogP contribution < -0.4 is 5.32 Å². The van der Waals surface area contributed by atoms with Crippen LogP contribution in [0.3, 0.4) is 0 Å². The molecule has 0 saturated carbocycles. The molecular weight excluding hydrogens is 315 g/mol. The highest BCUT2D eigenvalue weighted by atomic mass is 19.4. The van der Waals surface area contributed by atoms with Crippen LogP contribution in [0.15, 0.2) is 18.2 Å². The van der Waals surface area contributed by atoms with Crippen LogP contribution in [0.5, 0.6) is 0 Å². The number of nitrogens with one attached hydrogen (secondary N) is 1. The van der Waals surface area contributed by atoms with E-state index < -0.39 is 22.4 Å². The average molecular weight is 327 g/mol. The number of alkyl halides is 3. The summed E-state index contributed by atoms with van der Waals surface area (Å²) in [6, 6.07) is 2.39. The van der Waals surface area contributed by atoms with Gasteiger partial charge < -0.3 is 9.88 Å². The molecule has 2 aromatic rings. The summed E-state index contributed by atoms with van der Waals surface area (Å²) < 4.78 is 39.9. The number of rotatable bonds is 4. The second kappa shape index (κ2) is 5.52. The summed E-state index contributed by atoms with van der Waals surface area (Å²) in [4.78, 5) is 10.2. The van der Waals surface area contributed by atoms with E-state index in [4.69, 9.17) is 0 Å². The number of aromatic nitrogens is 3. The molecule has 0 atom stereocenters. The lowest BCUT2D eigenvalue weighted by atomic mass is 10.1. The number of fused-ring (bicyclic) bond motifs is 1. The van der Waals surface area contributed by atoms with Gasteiger partial charge in [-0.3, -0.25) is 10.1 Å². The van der Waals surface area contributed by atoms with Crippen LogP contribution in [-0.2, 0) is 25.7 Å². The standard InChI is InChI=1S/C13H12F3N5O2/c14-13(15,16)8-3-4-9(10(6-8)21(22)23)17-7-12-19-18-11-2-1-5-20(11)12/h3-4,6,17H,1-2,5,7H2. The molecule has 7 nitrogen and oxygen atoms in total. The Bertz CT molecular complexity index is 757. The summed E-state index contributed by atoms with van der Waals surface area (Å²) in [6.45, 7) is 0.924. The van der Waals surface area contributed by atoms with Crippen LogP contribution in [0.4, 0.5) is 24.5 Å². The molecule has 0 spiro atoms. The first-order chi connectivity index (χ1) is 10.9. The minimum Gasteiger partial charge on any atom is -0.372 e. The minimum atomic E-state index is -4.63. The summed E-state index contributed by atoms with van der Waals surface area (Å²) in [7, 11) is 0. The van der Waals surface area contributed by atoms with Gasteiger partial charge in [0.25, 0.3) is 5.69 Å². The molecule has 1 aromatic carbocycles. The number of nitro benzene ring substituents is 1. The SMILES string of the molecule is O=[N+]([O-])c1cc(C(F)(F)F)ccc1NCc1nnc2n1CCC2. The number of nitrogens with zero attached hydrogens (tertiary/aromatic N) is 4. The van der Waals surface area contributed by atoms with Gasteiger partial charge in [-0.05, 0) is 18.6 Å². The molecule has 1 aliphatic heterocycles. The van der Waals surface area contributed by atoms with Crippen molar-refractivity contribution in [2.45, 2.75) is 32.1 Å². The van der Waals surface area contributed by atoms with Crippen LogP contribution >= 0.6 is 0 Å². The van der Waals surface area contributed by atoms with Gasteiger partial charge in [0, 0.05) is 19.0 Å². The van der Waals surface area contributed by atoms with E-state index in [1.807, 2.05) is 4.57 Å². The Labute approximate surface area is 128 Å². The van der Waals surface area contributed by atoms with Crippen molar-refractivity contribution in [3.8, 4) is 0 Å². The van der Waals surface area contributed by atoms with E-state index in [1.54, 1.807) is 0 Å². The summed E-state index contributed by atoms with van der Waals surface area (Å²) in [5.41, 5.74) is -1.67. The average Bonchev–Trinajstić information content (AvgIpc) is 3.07. The third-order valence-electron chi connectivity index (χ3n) is 3.64. The third kappa shape index (κ3) is 2.96. The molecule has 0 radical (unpaired) electrons. The summed E-state index contributed by atoms with van der Waals surface area (Å²) >= 11 is 0. The maximum atomic E-state index is 12.7. The molecule has 0 bridgehead atoms. The van der Waals surface area contributed by atoms with E-state index in [2.05, 4.69) is 15.5 Å². The first-order valence-corrected chi connectivity index (χ1v) is 6.87. The predicted octanol–water partition coefficient (Wildman–Crippen LogP) is 2.76. The zero-order chi connectivity index (χ0) is 16.6. The van der Waals surface area contributed by atoms with E-state index in [1.165, 1.54) is 0 Å². The maximum absolute atomic E-state index is 12.7. The van der Waals surface area contributed by atoms with Crippen molar-refractivity contribution < 1.29 is 18.1 Å². The predicted molar refractivity (Wildman–Crippen MR) is 73.8 cm³/mol. The molecule has 1 aliphatic rings. The number of nitro groups is 1. The fourth-order valence-corrected chi connectivity index (χ4v) is 2.52. The Morgan fingerprint density at radius 3 is 2.83 bits per heavy atom. The van der Waals surface area contributed by atoms with Gasteiger partial charge >= 0.3 is 6.18 Å². The molecule has 0 saturated heterocycles. The molecule has 1 aromatic heterocycles. The van der Waals surface area contributed by atoms with Gasteiger partial charge in [-0.1, -0.05) is 0 Å². The highest BCUT2D eigenvalue weighted by Crippen LogP contribution is 2.35. The van der Waals surface area contributed by atoms with Crippen molar-refractivity contribution in [2.75, 3.05) is 5.32 Å². The molecule has 3 rings (SSSR count). The van der Waals surface area contributed by atoms with Crippen molar-refractivity contribution in [1.29, 1.82) is 0 Å². The van der Waals surface area contributed by atoms with E-state index in [0.29, 0.717) is 11.9 Å². The third-order valence-corrected chi connectivity index (χ3v) is 3.64. The maximum Gasteiger partial charge on any atom is 0.416 e. The second-order valence-corrected chi connectivity index (χ2v) is 5.13. The van der Waals surface area contributed by atoms with Crippen LogP contribution in [0, 0.1) is 10.1 Å². The first kappa shape index (κ1) is 15.3. The fraction of sp³-hybridized carbons (Fsp3) is 0.385. The lowest BCUT2D eigenvalue weighted by Crippen LogP contribution is -2.10. The highest BCUT2D eigenvalue weighted by molar-refractivity contribution is 5.62. The number of anilines is 1. The molecule has 122 valence electrons. The first-order valence-electron chi connectivity index (χ1n) is 6.87. The highest BCUT2D eigenvalue weighted by Gasteiger charge is 2.33. The number of halogens is 3. The molecule has 1 N–H and O–H groups in total. The number of benzene rings is 1. The van der Waals surface area contributed by atoms with Crippen molar-refractivity contribution >= 4 is 11.4 Å². The Hall–Kier alpha value is -2.65. The molecule has 0 unspecified atom stereocenters. The number of hydrogen-bond donors (Lipinski definition) is 1. The molecule has 0 fully saturated rings. The van der Waals surface area contributed by atoms with E-state index in [-0.39, 0.29) is 12.2 Å². The van der Waals surface area contributed by atoms with Crippen LogP contribution in [0.2, 0.25) is 0 Å². The van der Waals surface area contributed by atoms with Crippen molar-refractivity contribution in [3.05, 3.63) is 45.5 Å². The lowest BCUT2D eigenvalue weighted by Gasteiger charge is -2.10. The Balaban J connectivity index is 1.83. The molecule has 2 heterocycles. The van der Waals surface area contributed by atoms with E-state index in [9.17, 15) is 23.3 Å². The van der Waals surface area contributed by atoms with Gasteiger partial charge in [-0.2, -0.15) is 13.2 Å². The summed E-state index contributed by atoms with van der Waals surface area (Å²) in [5, 5.41) is 21.8. The molecule has 0 aliphatic carbocycles. The number of hydrogen-bond acceptors (Lipinski definition) is 5. The Kier molecular flexibility index (Phi) is 3.66. The Morgan fingerprint density at radius 1 is 1.35 bits per heavy atom. The molecule has 0 amide bonds. The van der Waals surface area contributed by atoms with Crippen molar-refractivity contribution in [2.24, 2.45) is 0 Å². The zero-order valence-corrected chi connectivity index (χ0v) is 11.8. The van der Waals surface area contributed by atoms with Crippen molar-refractivity contribution in [3.63, 3.8) is 0 Å². The Morgan fingerprint density at radius 2 is 2.13 bits per heavy atom. The van der Waals surface area contributed by atoms with Gasteiger partial charge in [-0.25, -0.2) is 0 Å². The topological polar surface area (TPSA) is 85.9 Å². The molecular formula is C13H12F3N5O2. The van der Waals surface area contributed by atoms with Gasteiger partial charge in [0.2, 0.25) is 0 Å². The van der Waals surface area contributed by atoms with Crippen LogP contribution in [0.25, 0.3) is 0 Å². The zero-order valence-electron chi connectivity index (χ0n) is 11.8. The van der Waals surface area contributed by atoms with Gasteiger partial charge in [0.15, 0.2) is 5.82 Å².